The second-order valence-electron chi connectivity index (χ2n) is 2.96. The molecule has 1 N–H and O–H groups in total. The molecule has 0 spiro atoms. The zero-order chi connectivity index (χ0) is 10.6. The predicted octanol–water partition coefficient (Wildman–Crippen LogP) is 0.240. The zero-order valence-electron chi connectivity index (χ0n) is 8.06. The summed E-state index contributed by atoms with van der Waals surface area (Å²) in [6, 6.07) is 0. The molecule has 4 nitrogen and oxygen atoms in total. The van der Waals surface area contributed by atoms with Crippen LogP contribution in [0.3, 0.4) is 0 Å². The van der Waals surface area contributed by atoms with Crippen LogP contribution in [0, 0.1) is 0 Å². The number of carbonyl (C=O) groups is 2. The van der Waals surface area contributed by atoms with Crippen molar-refractivity contribution in [1.29, 1.82) is 0 Å². The third-order valence-corrected chi connectivity index (χ3v) is 1.98. The fourth-order valence-corrected chi connectivity index (χ4v) is 1.26. The molecule has 0 saturated carbocycles. The number of carbonyl (C=O) groups excluding carboxylic acids is 2. The highest BCUT2D eigenvalue weighted by atomic mass is 16.3. The molecule has 1 heterocycles. The third-order valence-electron chi connectivity index (χ3n) is 1.98. The first-order valence-electron chi connectivity index (χ1n) is 4.49. The molecular formula is C10H13NO3. The summed E-state index contributed by atoms with van der Waals surface area (Å²) >= 11 is 0. The lowest BCUT2D eigenvalue weighted by Gasteiger charge is -2.11. The van der Waals surface area contributed by atoms with E-state index in [1.165, 1.54) is 6.08 Å². The normalized spacial score (nSPS) is 17.0. The van der Waals surface area contributed by atoms with E-state index >= 15 is 0 Å². The largest absolute Gasteiger partial charge is 0.395 e. The van der Waals surface area contributed by atoms with Gasteiger partial charge in [0.05, 0.1) is 13.2 Å². The van der Waals surface area contributed by atoms with Crippen LogP contribution in [0.25, 0.3) is 0 Å². The van der Waals surface area contributed by atoms with Crippen LogP contribution < -0.4 is 0 Å². The summed E-state index contributed by atoms with van der Waals surface area (Å²) in [7, 11) is 0. The molecule has 4 heteroatoms. The van der Waals surface area contributed by atoms with Crippen LogP contribution >= 0.6 is 0 Å². The first-order chi connectivity index (χ1) is 6.70. The van der Waals surface area contributed by atoms with Gasteiger partial charge in [0.25, 0.3) is 11.8 Å². The quantitative estimate of drug-likeness (QED) is 0.516. The number of rotatable bonds is 4. The molecule has 0 atom stereocenters. The summed E-state index contributed by atoms with van der Waals surface area (Å²) in [4.78, 5) is 23.8. The van der Waals surface area contributed by atoms with Gasteiger partial charge in [0.2, 0.25) is 0 Å². The van der Waals surface area contributed by atoms with Crippen molar-refractivity contribution in [2.45, 2.75) is 13.3 Å². The molecule has 0 saturated heterocycles. The van der Waals surface area contributed by atoms with E-state index in [1.807, 2.05) is 19.1 Å². The van der Waals surface area contributed by atoms with Gasteiger partial charge in [-0.05, 0) is 13.3 Å². The van der Waals surface area contributed by atoms with Gasteiger partial charge < -0.3 is 5.11 Å². The highest BCUT2D eigenvalue weighted by Gasteiger charge is 2.29. The average Bonchev–Trinajstić information content (AvgIpc) is 2.43. The summed E-state index contributed by atoms with van der Waals surface area (Å²) in [5.74, 6) is -0.620. The molecule has 0 radical (unpaired) electrons. The summed E-state index contributed by atoms with van der Waals surface area (Å²) in [5, 5.41) is 8.64. The summed E-state index contributed by atoms with van der Waals surface area (Å²) in [5.41, 5.74) is 0.488. The highest BCUT2D eigenvalue weighted by molar-refractivity contribution is 6.16. The minimum Gasteiger partial charge on any atom is -0.395 e. The van der Waals surface area contributed by atoms with Crippen LogP contribution in [0.5, 0.6) is 0 Å². The molecule has 0 aromatic heterocycles. The minimum atomic E-state index is -0.330. The molecule has 0 fully saturated rings. The lowest BCUT2D eigenvalue weighted by Crippen LogP contribution is -2.33. The number of imide groups is 1. The number of allylic oxidation sites excluding steroid dienone is 2. The fraction of sp³-hybridized carbons (Fsp3) is 0.400. The van der Waals surface area contributed by atoms with E-state index in [4.69, 9.17) is 5.11 Å². The van der Waals surface area contributed by atoms with Crippen molar-refractivity contribution in [2.24, 2.45) is 0 Å². The SMILES string of the molecule is C/C=C\CC1=CC(=O)N(CCO)C1=O. The van der Waals surface area contributed by atoms with Crippen molar-refractivity contribution in [2.75, 3.05) is 13.2 Å². The minimum absolute atomic E-state index is 0.0769. The third kappa shape index (κ3) is 2.09. The maximum atomic E-state index is 11.5. The van der Waals surface area contributed by atoms with Gasteiger partial charge in [-0.1, -0.05) is 12.2 Å². The number of hydrogen-bond donors (Lipinski definition) is 1. The van der Waals surface area contributed by atoms with Gasteiger partial charge in [0.1, 0.15) is 0 Å². The second kappa shape index (κ2) is 4.72. The van der Waals surface area contributed by atoms with Crippen LogP contribution in [0.1, 0.15) is 13.3 Å². The number of hydrogen-bond acceptors (Lipinski definition) is 3. The monoisotopic (exact) mass is 195 g/mol. The first-order valence-corrected chi connectivity index (χ1v) is 4.49. The van der Waals surface area contributed by atoms with E-state index in [2.05, 4.69) is 0 Å². The van der Waals surface area contributed by atoms with Gasteiger partial charge in [-0.15, -0.1) is 0 Å². The van der Waals surface area contributed by atoms with E-state index in [1.54, 1.807) is 0 Å². The van der Waals surface area contributed by atoms with Gasteiger partial charge >= 0.3 is 0 Å². The van der Waals surface area contributed by atoms with E-state index in [0.29, 0.717) is 12.0 Å². The molecule has 0 unspecified atom stereocenters. The van der Waals surface area contributed by atoms with Crippen LogP contribution in [0.4, 0.5) is 0 Å². The topological polar surface area (TPSA) is 57.6 Å². The van der Waals surface area contributed by atoms with Gasteiger partial charge in [0.15, 0.2) is 0 Å². The van der Waals surface area contributed by atoms with Crippen LogP contribution in [0.2, 0.25) is 0 Å². The molecule has 0 aliphatic carbocycles. The molecule has 0 aromatic rings. The van der Waals surface area contributed by atoms with Gasteiger partial charge in [-0.2, -0.15) is 0 Å². The van der Waals surface area contributed by atoms with Crippen LogP contribution in [-0.4, -0.2) is 35.0 Å². The standard InChI is InChI=1S/C10H13NO3/c1-2-3-4-8-7-9(13)11(5-6-12)10(8)14/h2-3,7,12H,4-6H2,1H3/b3-2-. The van der Waals surface area contributed by atoms with Crippen molar-refractivity contribution < 1.29 is 14.7 Å². The van der Waals surface area contributed by atoms with E-state index in [-0.39, 0.29) is 25.0 Å². The van der Waals surface area contributed by atoms with Crippen molar-refractivity contribution in [1.82, 2.24) is 4.90 Å². The Morgan fingerprint density at radius 2 is 2.21 bits per heavy atom. The molecule has 1 rings (SSSR count). The molecule has 0 bridgehead atoms. The predicted molar refractivity (Wildman–Crippen MR) is 51.3 cm³/mol. The van der Waals surface area contributed by atoms with E-state index in [9.17, 15) is 9.59 Å². The fourth-order valence-electron chi connectivity index (χ4n) is 1.26. The summed E-state index contributed by atoms with van der Waals surface area (Å²) < 4.78 is 0. The Kier molecular flexibility index (Phi) is 3.59. The molecular weight excluding hydrogens is 182 g/mol. The Bertz CT molecular complexity index is 304. The second-order valence-corrected chi connectivity index (χ2v) is 2.96. The number of aliphatic hydroxyl groups is 1. The molecule has 76 valence electrons. The molecule has 2 amide bonds. The lowest BCUT2D eigenvalue weighted by atomic mass is 10.2. The highest BCUT2D eigenvalue weighted by Crippen LogP contribution is 2.15. The van der Waals surface area contributed by atoms with E-state index in [0.717, 1.165) is 4.90 Å². The van der Waals surface area contributed by atoms with E-state index < -0.39 is 0 Å². The number of aliphatic hydroxyl groups excluding tert-OH is 1. The lowest BCUT2D eigenvalue weighted by molar-refractivity contribution is -0.137. The maximum absolute atomic E-state index is 11.5. The van der Waals surface area contributed by atoms with Gasteiger partial charge in [-0.25, -0.2) is 0 Å². The number of amides is 2. The Balaban J connectivity index is 2.68. The Hall–Kier alpha value is -1.42. The average molecular weight is 195 g/mol. The molecule has 0 aromatic carbocycles. The maximum Gasteiger partial charge on any atom is 0.257 e. The molecule has 1 aliphatic heterocycles. The number of β-amino-alcohol motifs (C(OH)–C–C–N with tert-alkyl or cyclic N) is 1. The van der Waals surface area contributed by atoms with Gasteiger partial charge in [-0.3, -0.25) is 14.5 Å². The Morgan fingerprint density at radius 3 is 2.79 bits per heavy atom. The van der Waals surface area contributed by atoms with Crippen molar-refractivity contribution >= 4 is 11.8 Å². The Morgan fingerprint density at radius 1 is 1.50 bits per heavy atom. The zero-order valence-corrected chi connectivity index (χ0v) is 8.06. The smallest absolute Gasteiger partial charge is 0.257 e. The first kappa shape index (κ1) is 10.7. The van der Waals surface area contributed by atoms with Crippen molar-refractivity contribution in [3.05, 3.63) is 23.8 Å². The van der Waals surface area contributed by atoms with Crippen LogP contribution in [0.15, 0.2) is 23.8 Å². The molecule has 1 aliphatic rings. The van der Waals surface area contributed by atoms with Crippen molar-refractivity contribution in [3.8, 4) is 0 Å². The number of nitrogens with zero attached hydrogens (tertiary/aromatic N) is 1. The van der Waals surface area contributed by atoms with Crippen molar-refractivity contribution in [3.63, 3.8) is 0 Å². The summed E-state index contributed by atoms with van der Waals surface area (Å²) in [6.45, 7) is 1.74. The molecule has 14 heavy (non-hydrogen) atoms. The Labute approximate surface area is 82.5 Å². The van der Waals surface area contributed by atoms with Crippen LogP contribution in [-0.2, 0) is 9.59 Å². The summed E-state index contributed by atoms with van der Waals surface area (Å²) in [6.07, 6.45) is 5.45. The van der Waals surface area contributed by atoms with Gasteiger partial charge in [0, 0.05) is 11.6 Å².